The molecule has 0 aromatic carbocycles. The number of allylic oxidation sites excluding steroid dienone is 2. The minimum Gasteiger partial charge on any atom is -0.477 e. The maximum atomic E-state index is 10.6. The Balaban J connectivity index is 3.88. The number of rotatable bonds is 8. The van der Waals surface area contributed by atoms with Gasteiger partial charge in [-0.1, -0.05) is 19.1 Å². The zero-order valence-corrected chi connectivity index (χ0v) is 10.5. The number of hydrogen-bond acceptors (Lipinski definition) is 2. The van der Waals surface area contributed by atoms with Crippen molar-refractivity contribution in [2.24, 2.45) is 0 Å². The molecule has 4 nitrogen and oxygen atoms in total. The molecular formula is C12H24NO3+. The zero-order chi connectivity index (χ0) is 12.6. The van der Waals surface area contributed by atoms with E-state index in [9.17, 15) is 9.90 Å². The van der Waals surface area contributed by atoms with Gasteiger partial charge in [0.1, 0.15) is 12.6 Å². The first-order valence-electron chi connectivity index (χ1n) is 5.74. The van der Waals surface area contributed by atoms with Gasteiger partial charge in [0.15, 0.2) is 6.54 Å². The molecule has 0 aliphatic rings. The fraction of sp³-hybridized carbons (Fsp3) is 0.750. The zero-order valence-electron chi connectivity index (χ0n) is 10.5. The number of nitrogens with zero attached hydrogens (tertiary/aromatic N) is 1. The van der Waals surface area contributed by atoms with Gasteiger partial charge in [-0.25, -0.2) is 4.79 Å². The number of aliphatic carboxylic acids is 1. The second-order valence-corrected chi connectivity index (χ2v) is 4.78. The normalized spacial score (nSPS) is 14.2. The van der Waals surface area contributed by atoms with Gasteiger partial charge in [0.05, 0.1) is 14.1 Å². The first kappa shape index (κ1) is 15.1. The third-order valence-electron chi connectivity index (χ3n) is 2.34. The van der Waals surface area contributed by atoms with Gasteiger partial charge in [0, 0.05) is 0 Å². The van der Waals surface area contributed by atoms with E-state index in [4.69, 9.17) is 5.11 Å². The third-order valence-corrected chi connectivity index (χ3v) is 2.34. The van der Waals surface area contributed by atoms with Gasteiger partial charge in [-0.05, 0) is 19.3 Å². The monoisotopic (exact) mass is 230 g/mol. The summed E-state index contributed by atoms with van der Waals surface area (Å²) in [5, 5.41) is 18.5. The minimum absolute atomic E-state index is 0.0435. The molecule has 94 valence electrons. The third kappa shape index (κ3) is 8.44. The second-order valence-electron chi connectivity index (χ2n) is 4.78. The predicted octanol–water partition coefficient (Wildman–Crippen LogP) is 1.25. The molecule has 0 heterocycles. The highest BCUT2D eigenvalue weighted by Crippen LogP contribution is 2.05. The van der Waals surface area contributed by atoms with Crippen molar-refractivity contribution in [3.8, 4) is 0 Å². The van der Waals surface area contributed by atoms with E-state index in [-0.39, 0.29) is 6.54 Å². The number of aliphatic hydroxyl groups is 1. The smallest absolute Gasteiger partial charge is 0.359 e. The lowest BCUT2D eigenvalue weighted by Crippen LogP contribution is -2.48. The maximum Gasteiger partial charge on any atom is 0.359 e. The number of quaternary nitrogens is 1. The molecular weight excluding hydrogens is 206 g/mol. The molecule has 0 bridgehead atoms. The van der Waals surface area contributed by atoms with Crippen LogP contribution >= 0.6 is 0 Å². The van der Waals surface area contributed by atoms with Crippen LogP contribution in [-0.2, 0) is 4.79 Å². The molecule has 1 atom stereocenters. The summed E-state index contributed by atoms with van der Waals surface area (Å²) in [7, 11) is 3.64. The maximum absolute atomic E-state index is 10.6. The molecule has 0 aliphatic carbocycles. The van der Waals surface area contributed by atoms with E-state index in [0.717, 1.165) is 12.8 Å². The molecule has 0 spiro atoms. The van der Waals surface area contributed by atoms with Gasteiger partial charge in [-0.2, -0.15) is 0 Å². The Hall–Kier alpha value is -0.870. The fourth-order valence-electron chi connectivity index (χ4n) is 1.67. The van der Waals surface area contributed by atoms with Crippen LogP contribution in [0, 0.1) is 0 Å². The van der Waals surface area contributed by atoms with Crippen LogP contribution in [0.5, 0.6) is 0 Å². The Morgan fingerprint density at radius 2 is 2.00 bits per heavy atom. The van der Waals surface area contributed by atoms with E-state index in [0.29, 0.717) is 17.4 Å². The molecule has 0 radical (unpaired) electrons. The van der Waals surface area contributed by atoms with E-state index in [2.05, 4.69) is 19.1 Å². The molecule has 0 rings (SSSR count). The van der Waals surface area contributed by atoms with Gasteiger partial charge >= 0.3 is 5.97 Å². The van der Waals surface area contributed by atoms with Crippen molar-refractivity contribution in [2.75, 3.05) is 27.2 Å². The summed E-state index contributed by atoms with van der Waals surface area (Å²) in [6.07, 6.45) is 6.25. The number of carboxylic acid groups (broad SMARTS) is 1. The lowest BCUT2D eigenvalue weighted by molar-refractivity contribution is -0.886. The van der Waals surface area contributed by atoms with E-state index in [1.165, 1.54) is 0 Å². The minimum atomic E-state index is -0.830. The number of hydrogen-bond donors (Lipinski definition) is 2. The lowest BCUT2D eigenvalue weighted by atomic mass is 10.1. The van der Waals surface area contributed by atoms with E-state index in [1.54, 1.807) is 0 Å². The lowest BCUT2D eigenvalue weighted by Gasteiger charge is -2.29. The molecule has 0 aliphatic heterocycles. The van der Waals surface area contributed by atoms with Crippen LogP contribution in [0.4, 0.5) is 0 Å². The van der Waals surface area contributed by atoms with Crippen molar-refractivity contribution in [3.05, 3.63) is 12.2 Å². The van der Waals surface area contributed by atoms with E-state index < -0.39 is 12.1 Å². The van der Waals surface area contributed by atoms with Crippen molar-refractivity contribution in [3.63, 3.8) is 0 Å². The molecule has 2 N–H and O–H groups in total. The summed E-state index contributed by atoms with van der Waals surface area (Å²) < 4.78 is 0.313. The number of likely N-dealkylation sites (N-methyl/N-ethyl adjacent to an activating group) is 1. The summed E-state index contributed by atoms with van der Waals surface area (Å²) in [5.74, 6) is -0.830. The summed E-state index contributed by atoms with van der Waals surface area (Å²) in [4.78, 5) is 10.6. The van der Waals surface area contributed by atoms with Gasteiger partial charge in [0.2, 0.25) is 0 Å². The molecule has 0 aromatic rings. The Morgan fingerprint density at radius 3 is 2.50 bits per heavy atom. The van der Waals surface area contributed by atoms with Crippen molar-refractivity contribution in [2.45, 2.75) is 32.3 Å². The van der Waals surface area contributed by atoms with Gasteiger partial charge in [0.25, 0.3) is 0 Å². The highest BCUT2D eigenvalue weighted by molar-refractivity contribution is 5.67. The molecule has 16 heavy (non-hydrogen) atoms. The predicted molar refractivity (Wildman–Crippen MR) is 64.2 cm³/mol. The highest BCUT2D eigenvalue weighted by atomic mass is 16.4. The van der Waals surface area contributed by atoms with Crippen molar-refractivity contribution in [1.82, 2.24) is 0 Å². The average Bonchev–Trinajstić information content (AvgIpc) is 2.09. The standard InChI is InChI=1S/C12H23NO3/c1-4-5-6-7-8-11(14)9-13(2,3)10-12(15)16/h5-6,11,14H,4,7-10H2,1-3H3/p+1/b6-5+. The molecule has 0 amide bonds. The SMILES string of the molecule is CC/C=C/CCC(O)C[N+](C)(C)CC(=O)O. The van der Waals surface area contributed by atoms with Crippen molar-refractivity contribution < 1.29 is 19.5 Å². The second kappa shape index (κ2) is 7.41. The van der Waals surface area contributed by atoms with Crippen LogP contribution in [0.1, 0.15) is 26.2 Å². The molecule has 0 aromatic heterocycles. The van der Waals surface area contributed by atoms with Gasteiger partial charge in [-0.15, -0.1) is 0 Å². The number of aliphatic hydroxyl groups excluding tert-OH is 1. The Kier molecular flexibility index (Phi) is 7.01. The van der Waals surface area contributed by atoms with Crippen molar-refractivity contribution in [1.29, 1.82) is 0 Å². The summed E-state index contributed by atoms with van der Waals surface area (Å²) >= 11 is 0. The average molecular weight is 230 g/mol. The van der Waals surface area contributed by atoms with E-state index in [1.807, 2.05) is 14.1 Å². The van der Waals surface area contributed by atoms with E-state index >= 15 is 0 Å². The van der Waals surface area contributed by atoms with Crippen LogP contribution in [0.3, 0.4) is 0 Å². The number of carbonyl (C=O) groups is 1. The highest BCUT2D eigenvalue weighted by Gasteiger charge is 2.23. The van der Waals surface area contributed by atoms with Gasteiger partial charge < -0.3 is 14.7 Å². The Morgan fingerprint density at radius 1 is 1.38 bits per heavy atom. The first-order valence-corrected chi connectivity index (χ1v) is 5.74. The first-order chi connectivity index (χ1) is 7.37. The summed E-state index contributed by atoms with van der Waals surface area (Å²) in [6, 6.07) is 0. The summed E-state index contributed by atoms with van der Waals surface area (Å²) in [5.41, 5.74) is 0. The molecule has 0 saturated heterocycles. The van der Waals surface area contributed by atoms with Crippen LogP contribution in [0.25, 0.3) is 0 Å². The van der Waals surface area contributed by atoms with Crippen LogP contribution in [0.2, 0.25) is 0 Å². The van der Waals surface area contributed by atoms with Crippen LogP contribution in [-0.4, -0.2) is 54.0 Å². The molecule has 4 heteroatoms. The number of carboxylic acids is 1. The molecule has 0 fully saturated rings. The van der Waals surface area contributed by atoms with Crippen LogP contribution < -0.4 is 0 Å². The van der Waals surface area contributed by atoms with Gasteiger partial charge in [-0.3, -0.25) is 0 Å². The quantitative estimate of drug-likeness (QED) is 0.487. The Bertz CT molecular complexity index is 236. The fourth-order valence-corrected chi connectivity index (χ4v) is 1.67. The molecule has 1 unspecified atom stereocenters. The van der Waals surface area contributed by atoms with Crippen molar-refractivity contribution >= 4 is 5.97 Å². The van der Waals surface area contributed by atoms with Crippen LogP contribution in [0.15, 0.2) is 12.2 Å². The Labute approximate surface area is 97.8 Å². The largest absolute Gasteiger partial charge is 0.477 e. The summed E-state index contributed by atoms with van der Waals surface area (Å²) in [6.45, 7) is 2.59. The topological polar surface area (TPSA) is 57.5 Å². The molecule has 0 saturated carbocycles.